The number of rotatable bonds is 6. The highest BCUT2D eigenvalue weighted by Gasteiger charge is 2.26. The van der Waals surface area contributed by atoms with Gasteiger partial charge in [-0.2, -0.15) is 0 Å². The molecule has 0 saturated heterocycles. The lowest BCUT2D eigenvalue weighted by atomic mass is 9.95. The first-order valence-electron chi connectivity index (χ1n) is 7.61. The van der Waals surface area contributed by atoms with Gasteiger partial charge in [0.25, 0.3) is 0 Å². The average molecular weight is 284 g/mol. The van der Waals surface area contributed by atoms with Gasteiger partial charge in [0.15, 0.2) is 0 Å². The molecule has 0 aromatic heterocycles. The fourth-order valence-corrected chi connectivity index (χ4v) is 2.46. The molecular formula is C19H24O2. The maximum Gasteiger partial charge on any atom is 0.131 e. The van der Waals surface area contributed by atoms with E-state index in [1.807, 2.05) is 48.5 Å². The molecule has 2 atom stereocenters. The molecule has 0 spiro atoms. The third-order valence-electron chi connectivity index (χ3n) is 3.73. The van der Waals surface area contributed by atoms with E-state index in [4.69, 9.17) is 4.74 Å². The van der Waals surface area contributed by atoms with Crippen molar-refractivity contribution in [3.05, 3.63) is 65.7 Å². The van der Waals surface area contributed by atoms with Gasteiger partial charge in [0, 0.05) is 0 Å². The summed E-state index contributed by atoms with van der Waals surface area (Å²) in [6, 6.07) is 17.8. The summed E-state index contributed by atoms with van der Waals surface area (Å²) in [5.41, 5.74) is 2.06. The van der Waals surface area contributed by atoms with Crippen LogP contribution in [0.2, 0.25) is 0 Å². The van der Waals surface area contributed by atoms with E-state index < -0.39 is 6.10 Å². The van der Waals surface area contributed by atoms with E-state index in [-0.39, 0.29) is 12.0 Å². The van der Waals surface area contributed by atoms with E-state index in [2.05, 4.69) is 26.8 Å². The van der Waals surface area contributed by atoms with E-state index in [0.29, 0.717) is 0 Å². The molecule has 0 aliphatic heterocycles. The lowest BCUT2D eigenvalue weighted by Crippen LogP contribution is -2.31. The molecule has 0 radical (unpaired) electrons. The van der Waals surface area contributed by atoms with Crippen LogP contribution in [0.4, 0.5) is 0 Å². The Labute approximate surface area is 127 Å². The quantitative estimate of drug-likeness (QED) is 0.852. The maximum absolute atomic E-state index is 10.7. The van der Waals surface area contributed by atoms with Gasteiger partial charge in [0.05, 0.1) is 0 Å². The molecule has 2 heteroatoms. The molecule has 0 aliphatic carbocycles. The van der Waals surface area contributed by atoms with E-state index >= 15 is 0 Å². The Morgan fingerprint density at radius 2 is 1.57 bits per heavy atom. The second kappa shape index (κ2) is 7.28. The number of aliphatic hydroxyl groups is 1. The number of para-hydroxylation sites is 1. The summed E-state index contributed by atoms with van der Waals surface area (Å²) in [5.74, 6) is 1.08. The van der Waals surface area contributed by atoms with Gasteiger partial charge in [-0.05, 0) is 29.5 Å². The monoisotopic (exact) mass is 284 g/mol. The van der Waals surface area contributed by atoms with Crippen molar-refractivity contribution in [2.45, 2.75) is 39.4 Å². The molecule has 2 nitrogen and oxygen atoms in total. The van der Waals surface area contributed by atoms with Crippen LogP contribution in [0.1, 0.15) is 38.0 Å². The molecular weight excluding hydrogens is 260 g/mol. The predicted octanol–water partition coefficient (Wildman–Crippen LogP) is 4.39. The minimum Gasteiger partial charge on any atom is -0.487 e. The molecule has 0 heterocycles. The van der Waals surface area contributed by atoms with Crippen LogP contribution in [-0.4, -0.2) is 11.2 Å². The van der Waals surface area contributed by atoms with E-state index in [1.54, 1.807) is 0 Å². The van der Waals surface area contributed by atoms with Gasteiger partial charge >= 0.3 is 0 Å². The summed E-state index contributed by atoms with van der Waals surface area (Å²) in [5, 5.41) is 10.7. The number of hydrogen-bond acceptors (Lipinski definition) is 2. The number of hydrogen-bond donors (Lipinski definition) is 1. The zero-order valence-electron chi connectivity index (χ0n) is 13.0. The topological polar surface area (TPSA) is 29.5 Å². The van der Waals surface area contributed by atoms with Crippen LogP contribution in [0.25, 0.3) is 0 Å². The van der Waals surface area contributed by atoms with Gasteiger partial charge in [-0.15, -0.1) is 0 Å². The largest absolute Gasteiger partial charge is 0.487 e. The van der Waals surface area contributed by atoms with Gasteiger partial charge in [-0.3, -0.25) is 0 Å². The standard InChI is InChI=1S/C19H24O2/c1-4-15-10-8-9-13-17(15)21-19(14(2)3)18(20)16-11-6-5-7-12-16/h5-14,18-20H,4H2,1-3H3. The second-order valence-electron chi connectivity index (χ2n) is 5.64. The fourth-order valence-electron chi connectivity index (χ4n) is 2.46. The first-order valence-corrected chi connectivity index (χ1v) is 7.61. The smallest absolute Gasteiger partial charge is 0.131 e. The Morgan fingerprint density at radius 3 is 2.19 bits per heavy atom. The highest BCUT2D eigenvalue weighted by Crippen LogP contribution is 2.28. The van der Waals surface area contributed by atoms with Crippen LogP contribution in [0, 0.1) is 5.92 Å². The Balaban J connectivity index is 2.24. The molecule has 0 saturated carbocycles. The van der Waals surface area contributed by atoms with Crippen molar-refractivity contribution in [1.29, 1.82) is 0 Å². The molecule has 21 heavy (non-hydrogen) atoms. The van der Waals surface area contributed by atoms with Gasteiger partial charge in [0.2, 0.25) is 0 Å². The molecule has 2 aromatic rings. The van der Waals surface area contributed by atoms with Crippen molar-refractivity contribution in [2.75, 3.05) is 0 Å². The predicted molar refractivity (Wildman–Crippen MR) is 86.5 cm³/mol. The molecule has 2 rings (SSSR count). The van der Waals surface area contributed by atoms with Crippen molar-refractivity contribution in [3.8, 4) is 5.75 Å². The lowest BCUT2D eigenvalue weighted by molar-refractivity contribution is 0.00739. The number of benzene rings is 2. The number of aliphatic hydroxyl groups excluding tert-OH is 1. The summed E-state index contributed by atoms with van der Waals surface area (Å²) in [7, 11) is 0. The fraction of sp³-hybridized carbons (Fsp3) is 0.368. The van der Waals surface area contributed by atoms with Crippen molar-refractivity contribution >= 4 is 0 Å². The van der Waals surface area contributed by atoms with E-state index in [0.717, 1.165) is 17.7 Å². The van der Waals surface area contributed by atoms with Gasteiger partial charge in [-0.25, -0.2) is 0 Å². The molecule has 2 aromatic carbocycles. The average Bonchev–Trinajstić information content (AvgIpc) is 2.53. The van der Waals surface area contributed by atoms with Crippen LogP contribution in [-0.2, 0) is 6.42 Å². The summed E-state index contributed by atoms with van der Waals surface area (Å²) in [4.78, 5) is 0. The molecule has 0 fully saturated rings. The molecule has 0 bridgehead atoms. The zero-order chi connectivity index (χ0) is 15.2. The highest BCUT2D eigenvalue weighted by molar-refractivity contribution is 5.33. The molecule has 0 aliphatic rings. The highest BCUT2D eigenvalue weighted by atomic mass is 16.5. The third kappa shape index (κ3) is 3.85. The molecule has 0 amide bonds. The molecule has 2 unspecified atom stereocenters. The summed E-state index contributed by atoms with van der Waals surface area (Å²) in [6.07, 6.45) is 0.0267. The van der Waals surface area contributed by atoms with Crippen LogP contribution in [0.3, 0.4) is 0 Å². The normalized spacial score (nSPS) is 14.0. The molecule has 1 N–H and O–H groups in total. The Kier molecular flexibility index (Phi) is 5.40. The maximum atomic E-state index is 10.7. The van der Waals surface area contributed by atoms with Gasteiger partial charge < -0.3 is 9.84 Å². The summed E-state index contributed by atoms with van der Waals surface area (Å²) in [6.45, 7) is 6.26. The second-order valence-corrected chi connectivity index (χ2v) is 5.64. The number of ether oxygens (including phenoxy) is 1. The zero-order valence-corrected chi connectivity index (χ0v) is 13.0. The Bertz CT molecular complexity index is 549. The molecule has 112 valence electrons. The van der Waals surface area contributed by atoms with E-state index in [1.165, 1.54) is 5.56 Å². The minimum absolute atomic E-state index is 0.213. The van der Waals surface area contributed by atoms with Crippen LogP contribution in [0.5, 0.6) is 5.75 Å². The number of aryl methyl sites for hydroxylation is 1. The first-order chi connectivity index (χ1) is 10.1. The third-order valence-corrected chi connectivity index (χ3v) is 3.73. The summed E-state index contributed by atoms with van der Waals surface area (Å²) < 4.78 is 6.16. The Hall–Kier alpha value is -1.80. The van der Waals surface area contributed by atoms with Crippen molar-refractivity contribution < 1.29 is 9.84 Å². The van der Waals surface area contributed by atoms with Crippen LogP contribution < -0.4 is 4.74 Å². The van der Waals surface area contributed by atoms with Crippen molar-refractivity contribution in [2.24, 2.45) is 5.92 Å². The van der Waals surface area contributed by atoms with Crippen LogP contribution in [0.15, 0.2) is 54.6 Å². The van der Waals surface area contributed by atoms with E-state index in [9.17, 15) is 5.11 Å². The van der Waals surface area contributed by atoms with Gasteiger partial charge in [-0.1, -0.05) is 69.3 Å². The van der Waals surface area contributed by atoms with Crippen molar-refractivity contribution in [3.63, 3.8) is 0 Å². The minimum atomic E-state index is -0.629. The first kappa shape index (κ1) is 15.6. The van der Waals surface area contributed by atoms with Crippen molar-refractivity contribution in [1.82, 2.24) is 0 Å². The Morgan fingerprint density at radius 1 is 0.952 bits per heavy atom. The SMILES string of the molecule is CCc1ccccc1OC(C(C)C)C(O)c1ccccc1. The van der Waals surface area contributed by atoms with Crippen LogP contribution >= 0.6 is 0 Å². The lowest BCUT2D eigenvalue weighted by Gasteiger charge is -2.28. The van der Waals surface area contributed by atoms with Gasteiger partial charge in [0.1, 0.15) is 18.0 Å². The summed E-state index contributed by atoms with van der Waals surface area (Å²) >= 11 is 0.